The molecule has 0 radical (unpaired) electrons. The van der Waals surface area contributed by atoms with E-state index in [4.69, 9.17) is 0 Å². The van der Waals surface area contributed by atoms with E-state index >= 15 is 0 Å². The van der Waals surface area contributed by atoms with Crippen molar-refractivity contribution in [2.24, 2.45) is 7.05 Å². The average Bonchev–Trinajstić information content (AvgIpc) is 2.90. The zero-order valence-electron chi connectivity index (χ0n) is 10.7. The van der Waals surface area contributed by atoms with Gasteiger partial charge in [0.1, 0.15) is 0 Å². The summed E-state index contributed by atoms with van der Waals surface area (Å²) in [7, 11) is 1.95. The van der Waals surface area contributed by atoms with Crippen LogP contribution in [0.5, 0.6) is 0 Å². The Kier molecular flexibility index (Phi) is 3.84. The summed E-state index contributed by atoms with van der Waals surface area (Å²) in [6, 6.07) is 1.92. The third-order valence-electron chi connectivity index (χ3n) is 3.43. The maximum atomic E-state index is 11.8. The van der Waals surface area contributed by atoms with Crippen LogP contribution in [0.4, 0.5) is 0 Å². The predicted octanol–water partition coefficient (Wildman–Crippen LogP) is 1.16. The fraction of sp³-hybridized carbons (Fsp3) is 0.615. The van der Waals surface area contributed by atoms with E-state index < -0.39 is 0 Å². The molecule has 0 saturated carbocycles. The van der Waals surface area contributed by atoms with Crippen molar-refractivity contribution in [2.45, 2.75) is 19.8 Å². The van der Waals surface area contributed by atoms with Crippen molar-refractivity contribution in [3.8, 4) is 0 Å². The second kappa shape index (κ2) is 5.36. The molecule has 1 saturated heterocycles. The number of aromatic nitrogens is 1. The van der Waals surface area contributed by atoms with Gasteiger partial charge in [0.2, 0.25) is 0 Å². The van der Waals surface area contributed by atoms with E-state index in [-0.39, 0.29) is 5.91 Å². The summed E-state index contributed by atoms with van der Waals surface area (Å²) in [5, 5.41) is 2.97. The Bertz CT molecular complexity index is 372. The fourth-order valence-electron chi connectivity index (χ4n) is 2.23. The van der Waals surface area contributed by atoms with E-state index in [1.54, 1.807) is 0 Å². The Morgan fingerprint density at radius 2 is 2.12 bits per heavy atom. The lowest BCUT2D eigenvalue weighted by Crippen LogP contribution is -2.33. The monoisotopic (exact) mass is 235 g/mol. The molecule has 2 heterocycles. The van der Waals surface area contributed by atoms with E-state index in [9.17, 15) is 4.79 Å². The zero-order chi connectivity index (χ0) is 12.3. The van der Waals surface area contributed by atoms with E-state index in [0.717, 1.165) is 24.3 Å². The molecule has 94 valence electrons. The van der Waals surface area contributed by atoms with Crippen LogP contribution in [0.3, 0.4) is 0 Å². The van der Waals surface area contributed by atoms with Crippen molar-refractivity contribution in [1.29, 1.82) is 0 Å². The van der Waals surface area contributed by atoms with Crippen LogP contribution >= 0.6 is 0 Å². The number of nitrogens with one attached hydrogen (secondary N) is 1. The second-order valence-corrected chi connectivity index (χ2v) is 4.79. The molecule has 1 fully saturated rings. The van der Waals surface area contributed by atoms with Crippen LogP contribution in [-0.2, 0) is 7.05 Å². The molecule has 1 aliphatic heterocycles. The standard InChI is InChI=1S/C13H21N3O/c1-11-9-12(10-15(11)2)13(17)14-5-8-16-6-3-4-7-16/h9-10H,3-8H2,1-2H3,(H,14,17). The van der Waals surface area contributed by atoms with Gasteiger partial charge in [-0.1, -0.05) is 0 Å². The quantitative estimate of drug-likeness (QED) is 0.850. The van der Waals surface area contributed by atoms with Gasteiger partial charge < -0.3 is 14.8 Å². The molecule has 0 spiro atoms. The third-order valence-corrected chi connectivity index (χ3v) is 3.43. The van der Waals surface area contributed by atoms with Crippen molar-refractivity contribution >= 4 is 5.91 Å². The van der Waals surface area contributed by atoms with Crippen molar-refractivity contribution in [1.82, 2.24) is 14.8 Å². The lowest BCUT2D eigenvalue weighted by molar-refractivity contribution is 0.0949. The van der Waals surface area contributed by atoms with E-state index in [1.165, 1.54) is 25.9 Å². The first-order valence-corrected chi connectivity index (χ1v) is 6.30. The molecule has 17 heavy (non-hydrogen) atoms. The number of nitrogens with zero attached hydrogens (tertiary/aromatic N) is 2. The van der Waals surface area contributed by atoms with Crippen LogP contribution < -0.4 is 5.32 Å². The molecule has 4 heteroatoms. The van der Waals surface area contributed by atoms with Gasteiger partial charge in [-0.15, -0.1) is 0 Å². The van der Waals surface area contributed by atoms with Crippen LogP contribution in [-0.4, -0.2) is 41.6 Å². The van der Waals surface area contributed by atoms with Crippen LogP contribution in [0.25, 0.3) is 0 Å². The fourth-order valence-corrected chi connectivity index (χ4v) is 2.23. The summed E-state index contributed by atoms with van der Waals surface area (Å²) in [6.45, 7) is 6.08. The zero-order valence-corrected chi connectivity index (χ0v) is 10.7. The number of hydrogen-bond acceptors (Lipinski definition) is 2. The highest BCUT2D eigenvalue weighted by atomic mass is 16.1. The molecular formula is C13H21N3O. The molecule has 1 aromatic heterocycles. The van der Waals surface area contributed by atoms with Crippen molar-refractivity contribution in [2.75, 3.05) is 26.2 Å². The summed E-state index contributed by atoms with van der Waals surface area (Å²) < 4.78 is 1.97. The number of aryl methyl sites for hydroxylation is 2. The summed E-state index contributed by atoms with van der Waals surface area (Å²) in [4.78, 5) is 14.2. The minimum absolute atomic E-state index is 0.0351. The number of amides is 1. The van der Waals surface area contributed by atoms with Gasteiger partial charge in [-0.3, -0.25) is 4.79 Å². The molecule has 0 unspecified atom stereocenters. The lowest BCUT2D eigenvalue weighted by atomic mass is 10.3. The van der Waals surface area contributed by atoms with E-state index in [1.807, 2.05) is 30.8 Å². The van der Waals surface area contributed by atoms with Crippen molar-refractivity contribution in [3.63, 3.8) is 0 Å². The molecule has 1 aromatic rings. The number of carbonyl (C=O) groups excluding carboxylic acids is 1. The Labute approximate surface area is 103 Å². The maximum Gasteiger partial charge on any atom is 0.252 e. The van der Waals surface area contributed by atoms with Crippen molar-refractivity contribution < 1.29 is 4.79 Å². The first-order valence-electron chi connectivity index (χ1n) is 6.30. The van der Waals surface area contributed by atoms with Gasteiger partial charge in [0.15, 0.2) is 0 Å². The third kappa shape index (κ3) is 3.09. The Hall–Kier alpha value is -1.29. The topological polar surface area (TPSA) is 37.3 Å². The van der Waals surface area contributed by atoms with Gasteiger partial charge in [-0.25, -0.2) is 0 Å². The molecule has 1 aliphatic rings. The summed E-state index contributed by atoms with van der Waals surface area (Å²) in [6.07, 6.45) is 4.47. The highest BCUT2D eigenvalue weighted by Gasteiger charge is 2.12. The maximum absolute atomic E-state index is 11.8. The molecule has 1 N–H and O–H groups in total. The van der Waals surface area contributed by atoms with Crippen LogP contribution in [0.15, 0.2) is 12.3 Å². The highest BCUT2D eigenvalue weighted by molar-refractivity contribution is 5.94. The smallest absolute Gasteiger partial charge is 0.252 e. The van der Waals surface area contributed by atoms with E-state index in [2.05, 4.69) is 10.2 Å². The second-order valence-electron chi connectivity index (χ2n) is 4.79. The molecule has 0 atom stereocenters. The molecule has 1 amide bonds. The highest BCUT2D eigenvalue weighted by Crippen LogP contribution is 2.07. The van der Waals surface area contributed by atoms with E-state index in [0.29, 0.717) is 0 Å². The van der Waals surface area contributed by atoms with Gasteiger partial charge in [0.25, 0.3) is 5.91 Å². The number of carbonyl (C=O) groups is 1. The van der Waals surface area contributed by atoms with Gasteiger partial charge in [-0.2, -0.15) is 0 Å². The normalized spacial score (nSPS) is 16.4. The Morgan fingerprint density at radius 1 is 1.41 bits per heavy atom. The molecule has 4 nitrogen and oxygen atoms in total. The van der Waals surface area contributed by atoms with Gasteiger partial charge >= 0.3 is 0 Å². The molecule has 2 rings (SSSR count). The summed E-state index contributed by atoms with van der Waals surface area (Å²) >= 11 is 0. The lowest BCUT2D eigenvalue weighted by Gasteiger charge is -2.14. The first-order chi connectivity index (χ1) is 8.16. The van der Waals surface area contributed by atoms with Crippen LogP contribution in [0.2, 0.25) is 0 Å². The molecule has 0 aromatic carbocycles. The number of rotatable bonds is 4. The minimum Gasteiger partial charge on any atom is -0.354 e. The molecule has 0 bridgehead atoms. The van der Waals surface area contributed by atoms with Gasteiger partial charge in [-0.05, 0) is 38.9 Å². The number of likely N-dealkylation sites (tertiary alicyclic amines) is 1. The molecular weight excluding hydrogens is 214 g/mol. The predicted molar refractivity (Wildman–Crippen MR) is 68.2 cm³/mol. The summed E-state index contributed by atoms with van der Waals surface area (Å²) in [5.41, 5.74) is 1.86. The minimum atomic E-state index is 0.0351. The van der Waals surface area contributed by atoms with Gasteiger partial charge in [0.05, 0.1) is 5.56 Å². The summed E-state index contributed by atoms with van der Waals surface area (Å²) in [5.74, 6) is 0.0351. The van der Waals surface area contributed by atoms with Crippen LogP contribution in [0, 0.1) is 6.92 Å². The largest absolute Gasteiger partial charge is 0.354 e. The first kappa shape index (κ1) is 12.2. The Balaban J connectivity index is 1.76. The van der Waals surface area contributed by atoms with Gasteiger partial charge in [0, 0.05) is 32.0 Å². The van der Waals surface area contributed by atoms with Crippen molar-refractivity contribution in [3.05, 3.63) is 23.5 Å². The van der Waals surface area contributed by atoms with Crippen LogP contribution in [0.1, 0.15) is 28.9 Å². The molecule has 0 aliphatic carbocycles. The average molecular weight is 235 g/mol. The SMILES string of the molecule is Cc1cc(C(=O)NCCN2CCCC2)cn1C. The number of hydrogen-bond donors (Lipinski definition) is 1. The Morgan fingerprint density at radius 3 is 2.71 bits per heavy atom.